The van der Waals surface area contributed by atoms with Crippen LogP contribution in [0.15, 0.2) is 40.1 Å². The highest BCUT2D eigenvalue weighted by Gasteiger charge is 2.30. The molecule has 122 valence electrons. The lowest BCUT2D eigenvalue weighted by atomic mass is 10.0. The van der Waals surface area contributed by atoms with Crippen molar-refractivity contribution in [1.29, 1.82) is 0 Å². The molecule has 0 atom stereocenters. The number of halogens is 3. The first-order valence-corrected chi connectivity index (χ1v) is 7.26. The van der Waals surface area contributed by atoms with E-state index in [1.54, 1.807) is 0 Å². The maximum absolute atomic E-state index is 12.7. The van der Waals surface area contributed by atoms with Gasteiger partial charge in [0.1, 0.15) is 0 Å². The largest absolute Gasteiger partial charge is 0.416 e. The van der Waals surface area contributed by atoms with Gasteiger partial charge in [-0.1, -0.05) is 6.07 Å². The van der Waals surface area contributed by atoms with Gasteiger partial charge < -0.3 is 0 Å². The predicted octanol–water partition coefficient (Wildman–Crippen LogP) is 2.72. The molecule has 2 aromatic rings. The fourth-order valence-corrected chi connectivity index (χ4v) is 2.53. The number of hydrogen-bond acceptors (Lipinski definition) is 2. The first kappa shape index (κ1) is 15.6. The van der Waals surface area contributed by atoms with Crippen LogP contribution in [0.1, 0.15) is 35.6 Å². The molecule has 1 aromatic carbocycles. The van der Waals surface area contributed by atoms with E-state index in [4.69, 9.17) is 0 Å². The molecule has 1 heterocycles. The number of alkyl halides is 3. The molecular weight excluding hydrogens is 309 g/mol. The van der Waals surface area contributed by atoms with Gasteiger partial charge in [0.2, 0.25) is 0 Å². The van der Waals surface area contributed by atoms with Crippen molar-refractivity contribution in [2.24, 2.45) is 0 Å². The Morgan fingerprint density at radius 2 is 1.87 bits per heavy atom. The number of hydrogen-bond donors (Lipinski definition) is 0. The van der Waals surface area contributed by atoms with Crippen LogP contribution < -0.4 is 11.2 Å². The van der Waals surface area contributed by atoms with Crippen LogP contribution in [0, 0.1) is 6.92 Å². The standard InChI is InChI=1S/C16H15F3N2O2/c1-10-8-12(16(17,18)19)3-2-11(10)9-21-14(22)6-7-20(15(21)23)13-4-5-13/h2-3,6-8,13H,4-5,9H2,1H3. The number of benzene rings is 1. The van der Waals surface area contributed by atoms with Gasteiger partial charge in [-0.3, -0.25) is 13.9 Å². The number of rotatable bonds is 3. The van der Waals surface area contributed by atoms with Gasteiger partial charge in [-0.2, -0.15) is 13.2 Å². The molecule has 0 bridgehead atoms. The van der Waals surface area contributed by atoms with Crippen molar-refractivity contribution in [3.8, 4) is 0 Å². The van der Waals surface area contributed by atoms with Gasteiger partial charge in [-0.25, -0.2) is 4.79 Å². The molecule has 0 saturated heterocycles. The van der Waals surface area contributed by atoms with E-state index in [0.717, 1.165) is 29.5 Å². The Bertz CT molecular complexity index is 861. The molecule has 0 spiro atoms. The highest BCUT2D eigenvalue weighted by Crippen LogP contribution is 2.33. The Morgan fingerprint density at radius 1 is 1.17 bits per heavy atom. The SMILES string of the molecule is Cc1cc(C(F)(F)F)ccc1Cn1c(=O)ccn(C2CC2)c1=O. The third-order valence-corrected chi connectivity index (χ3v) is 4.03. The van der Waals surface area contributed by atoms with Crippen molar-refractivity contribution in [2.45, 2.75) is 38.5 Å². The molecule has 1 aromatic heterocycles. The molecule has 0 aliphatic heterocycles. The van der Waals surface area contributed by atoms with Gasteiger partial charge in [0.05, 0.1) is 12.1 Å². The summed E-state index contributed by atoms with van der Waals surface area (Å²) in [5.74, 6) is 0. The lowest BCUT2D eigenvalue weighted by Crippen LogP contribution is -2.39. The Kier molecular flexibility index (Phi) is 3.66. The Morgan fingerprint density at radius 3 is 2.43 bits per heavy atom. The normalized spacial score (nSPS) is 15.0. The van der Waals surface area contributed by atoms with Gasteiger partial charge in [0.25, 0.3) is 5.56 Å². The zero-order chi connectivity index (χ0) is 16.8. The summed E-state index contributed by atoms with van der Waals surface area (Å²) in [6.07, 6.45) is -1.13. The average Bonchev–Trinajstić information content (AvgIpc) is 3.28. The van der Waals surface area contributed by atoms with Crippen LogP contribution in [-0.2, 0) is 12.7 Å². The van der Waals surface area contributed by atoms with Crippen molar-refractivity contribution >= 4 is 0 Å². The Hall–Kier alpha value is -2.31. The maximum Gasteiger partial charge on any atom is 0.416 e. The van der Waals surface area contributed by atoms with Crippen LogP contribution in [0.25, 0.3) is 0 Å². The predicted molar refractivity (Wildman–Crippen MR) is 78.5 cm³/mol. The summed E-state index contributed by atoms with van der Waals surface area (Å²) in [6.45, 7) is 1.51. The second-order valence-corrected chi connectivity index (χ2v) is 5.80. The fourth-order valence-electron chi connectivity index (χ4n) is 2.53. The topological polar surface area (TPSA) is 44.0 Å². The molecule has 1 aliphatic carbocycles. The van der Waals surface area contributed by atoms with E-state index in [9.17, 15) is 22.8 Å². The van der Waals surface area contributed by atoms with Crippen LogP contribution in [0.5, 0.6) is 0 Å². The van der Waals surface area contributed by atoms with E-state index >= 15 is 0 Å². The third kappa shape index (κ3) is 3.09. The second-order valence-electron chi connectivity index (χ2n) is 5.80. The number of aryl methyl sites for hydroxylation is 1. The Balaban J connectivity index is 1.98. The van der Waals surface area contributed by atoms with Crippen molar-refractivity contribution in [3.63, 3.8) is 0 Å². The minimum atomic E-state index is -4.41. The van der Waals surface area contributed by atoms with E-state index in [0.29, 0.717) is 11.1 Å². The van der Waals surface area contributed by atoms with Gasteiger partial charge in [-0.15, -0.1) is 0 Å². The smallest absolute Gasteiger partial charge is 0.297 e. The van der Waals surface area contributed by atoms with Gasteiger partial charge >= 0.3 is 11.9 Å². The molecule has 1 fully saturated rings. The first-order chi connectivity index (χ1) is 10.8. The van der Waals surface area contributed by atoms with Crippen LogP contribution >= 0.6 is 0 Å². The summed E-state index contributed by atoms with van der Waals surface area (Å²) < 4.78 is 40.7. The Labute approximate surface area is 129 Å². The number of aromatic nitrogens is 2. The molecule has 0 N–H and O–H groups in total. The van der Waals surface area contributed by atoms with Crippen molar-refractivity contribution in [2.75, 3.05) is 0 Å². The lowest BCUT2D eigenvalue weighted by Gasteiger charge is -2.13. The highest BCUT2D eigenvalue weighted by molar-refractivity contribution is 5.32. The highest BCUT2D eigenvalue weighted by atomic mass is 19.4. The molecule has 1 saturated carbocycles. The maximum atomic E-state index is 12.7. The van der Waals surface area contributed by atoms with Crippen LogP contribution in [0.4, 0.5) is 13.2 Å². The van der Waals surface area contributed by atoms with Gasteiger partial charge in [0, 0.05) is 18.3 Å². The fraction of sp³-hybridized carbons (Fsp3) is 0.375. The quantitative estimate of drug-likeness (QED) is 0.871. The zero-order valence-electron chi connectivity index (χ0n) is 12.4. The molecule has 4 nitrogen and oxygen atoms in total. The summed E-state index contributed by atoms with van der Waals surface area (Å²) >= 11 is 0. The molecule has 3 rings (SSSR count). The summed E-state index contributed by atoms with van der Waals surface area (Å²) in [5, 5.41) is 0. The molecule has 7 heteroatoms. The van der Waals surface area contributed by atoms with E-state index in [-0.39, 0.29) is 12.6 Å². The lowest BCUT2D eigenvalue weighted by molar-refractivity contribution is -0.137. The van der Waals surface area contributed by atoms with E-state index < -0.39 is 23.0 Å². The summed E-state index contributed by atoms with van der Waals surface area (Å²) in [7, 11) is 0. The average molecular weight is 324 g/mol. The van der Waals surface area contributed by atoms with Gasteiger partial charge in [-0.05, 0) is 43.0 Å². The summed E-state index contributed by atoms with van der Waals surface area (Å²) in [5.41, 5.74) is -0.696. The van der Waals surface area contributed by atoms with Crippen molar-refractivity contribution in [1.82, 2.24) is 9.13 Å². The molecule has 0 radical (unpaired) electrons. The second kappa shape index (κ2) is 5.40. The number of nitrogens with zero attached hydrogens (tertiary/aromatic N) is 2. The zero-order valence-corrected chi connectivity index (χ0v) is 12.4. The molecule has 1 aliphatic rings. The van der Waals surface area contributed by atoms with Crippen LogP contribution in [0.2, 0.25) is 0 Å². The van der Waals surface area contributed by atoms with Crippen LogP contribution in [0.3, 0.4) is 0 Å². The third-order valence-electron chi connectivity index (χ3n) is 4.03. The molecular formula is C16H15F3N2O2. The minimum absolute atomic E-state index is 0.0325. The van der Waals surface area contributed by atoms with E-state index in [1.165, 1.54) is 29.8 Å². The molecule has 0 unspecified atom stereocenters. The van der Waals surface area contributed by atoms with E-state index in [2.05, 4.69) is 0 Å². The summed E-state index contributed by atoms with van der Waals surface area (Å²) in [4.78, 5) is 24.3. The van der Waals surface area contributed by atoms with Crippen molar-refractivity contribution < 1.29 is 13.2 Å². The molecule has 0 amide bonds. The first-order valence-electron chi connectivity index (χ1n) is 7.26. The minimum Gasteiger partial charge on any atom is -0.297 e. The molecule has 23 heavy (non-hydrogen) atoms. The van der Waals surface area contributed by atoms with Crippen LogP contribution in [-0.4, -0.2) is 9.13 Å². The van der Waals surface area contributed by atoms with E-state index in [1.807, 2.05) is 0 Å². The van der Waals surface area contributed by atoms with Gasteiger partial charge in [0.15, 0.2) is 0 Å². The van der Waals surface area contributed by atoms with Crippen molar-refractivity contribution in [3.05, 3.63) is 68.0 Å². The summed E-state index contributed by atoms with van der Waals surface area (Å²) in [6, 6.07) is 4.76. The monoisotopic (exact) mass is 324 g/mol.